The molecule has 0 spiro atoms. The summed E-state index contributed by atoms with van der Waals surface area (Å²) in [5, 5.41) is 0. The molecule has 0 saturated carbocycles. The van der Waals surface area contributed by atoms with Gasteiger partial charge in [-0.25, -0.2) is 4.79 Å². The highest BCUT2D eigenvalue weighted by molar-refractivity contribution is 6.55. The lowest BCUT2D eigenvalue weighted by molar-refractivity contribution is -0.151. The first-order valence-electron chi connectivity index (χ1n) is 2.61. The van der Waals surface area contributed by atoms with Crippen molar-refractivity contribution in [2.75, 3.05) is 6.61 Å². The van der Waals surface area contributed by atoms with Crippen LogP contribution in [0.25, 0.3) is 5.53 Å². The van der Waals surface area contributed by atoms with Gasteiger partial charge in [0.05, 0.1) is 6.61 Å². The van der Waals surface area contributed by atoms with E-state index in [0.717, 1.165) is 0 Å². The molecular weight excluding hydrogens is 136 g/mol. The van der Waals surface area contributed by atoms with Crippen LogP contribution in [-0.2, 0) is 14.3 Å². The Bertz CT molecular complexity index is 193. The van der Waals surface area contributed by atoms with E-state index in [0.29, 0.717) is 6.21 Å². The number of nitrogens with zero attached hydrogens (tertiary/aromatic N) is 2. The fraction of sp³-hybridized carbons (Fsp3) is 0.400. The van der Waals surface area contributed by atoms with E-state index in [1.54, 1.807) is 6.92 Å². The first kappa shape index (κ1) is 8.52. The molecule has 0 unspecified atom stereocenters. The molecule has 0 radical (unpaired) electrons. The largest absolute Gasteiger partial charge is 0.460 e. The number of hydrogen-bond donors (Lipinski definition) is 0. The van der Waals surface area contributed by atoms with Gasteiger partial charge in [0.1, 0.15) is 0 Å². The molecule has 0 heterocycles. The average Bonchev–Trinajstić information content (AvgIpc) is 1.89. The highest BCUT2D eigenvalue weighted by atomic mass is 16.5. The van der Waals surface area contributed by atoms with Gasteiger partial charge >= 0.3 is 18.0 Å². The van der Waals surface area contributed by atoms with Gasteiger partial charge in [0.15, 0.2) is 0 Å². The first-order valence-corrected chi connectivity index (χ1v) is 2.61. The lowest BCUT2D eigenvalue weighted by Crippen LogP contribution is -2.18. The summed E-state index contributed by atoms with van der Waals surface area (Å²) in [7, 11) is 0. The minimum Gasteiger partial charge on any atom is -0.460 e. The predicted molar refractivity (Wildman–Crippen MR) is 31.3 cm³/mol. The molecule has 0 atom stereocenters. The van der Waals surface area contributed by atoms with Crippen molar-refractivity contribution in [2.24, 2.45) is 0 Å². The maximum absolute atomic E-state index is 10.4. The standard InChI is InChI=1S/C5H6N2O3/c1-2-10-5(9)4(8)3-7-6/h3H,2H2,1H3. The quantitative estimate of drug-likeness (QED) is 0.174. The average molecular weight is 142 g/mol. The van der Waals surface area contributed by atoms with Gasteiger partial charge in [-0.3, -0.25) is 4.79 Å². The molecule has 0 aromatic heterocycles. The molecule has 0 aliphatic carbocycles. The van der Waals surface area contributed by atoms with Crippen LogP contribution in [0.3, 0.4) is 0 Å². The van der Waals surface area contributed by atoms with E-state index in [9.17, 15) is 9.59 Å². The number of rotatable bonds is 3. The van der Waals surface area contributed by atoms with Crippen molar-refractivity contribution >= 4 is 18.0 Å². The maximum Gasteiger partial charge on any atom is 0.386 e. The van der Waals surface area contributed by atoms with Crippen molar-refractivity contribution in [2.45, 2.75) is 6.92 Å². The van der Waals surface area contributed by atoms with Crippen LogP contribution in [0.1, 0.15) is 6.92 Å². The number of Topliss-reactive ketones (excluding diaryl/α,β-unsaturated/α-hetero) is 1. The van der Waals surface area contributed by atoms with E-state index in [1.165, 1.54) is 0 Å². The van der Waals surface area contributed by atoms with Crippen molar-refractivity contribution in [1.29, 1.82) is 0 Å². The van der Waals surface area contributed by atoms with Crippen LogP contribution < -0.4 is 0 Å². The molecule has 0 bridgehead atoms. The third-order valence-corrected chi connectivity index (χ3v) is 0.652. The Morgan fingerprint density at radius 2 is 2.30 bits per heavy atom. The SMILES string of the molecule is CCOC(=O)C(=O)C=[N+]=[N-]. The molecule has 0 aromatic rings. The fourth-order valence-electron chi connectivity index (χ4n) is 0.307. The number of esters is 1. The van der Waals surface area contributed by atoms with Crippen LogP contribution in [0, 0.1) is 0 Å². The second kappa shape index (κ2) is 4.40. The Morgan fingerprint density at radius 3 is 2.70 bits per heavy atom. The van der Waals surface area contributed by atoms with Crippen LogP contribution in [-0.4, -0.2) is 29.4 Å². The summed E-state index contributed by atoms with van der Waals surface area (Å²) in [6.45, 7) is 1.70. The highest BCUT2D eigenvalue weighted by Crippen LogP contribution is 1.76. The molecule has 0 saturated heterocycles. The van der Waals surface area contributed by atoms with Crippen LogP contribution >= 0.6 is 0 Å². The smallest absolute Gasteiger partial charge is 0.386 e. The normalized spacial score (nSPS) is 7.70. The van der Waals surface area contributed by atoms with Gasteiger partial charge < -0.3 is 10.3 Å². The summed E-state index contributed by atoms with van der Waals surface area (Å²) in [5.74, 6) is -1.98. The molecule has 10 heavy (non-hydrogen) atoms. The number of carbonyl (C=O) groups is 2. The van der Waals surface area contributed by atoms with Crippen LogP contribution in [0.4, 0.5) is 0 Å². The molecule has 0 aromatic carbocycles. The van der Waals surface area contributed by atoms with Gasteiger partial charge in [-0.1, -0.05) is 0 Å². The zero-order valence-electron chi connectivity index (χ0n) is 5.40. The monoisotopic (exact) mass is 142 g/mol. The molecule has 5 heteroatoms. The molecular formula is C5H6N2O3. The lowest BCUT2D eigenvalue weighted by Gasteiger charge is -1.91. The van der Waals surface area contributed by atoms with Gasteiger partial charge in [-0.05, 0) is 6.92 Å². The Labute approximate surface area is 57.2 Å². The number of ether oxygens (including phenoxy) is 1. The topological polar surface area (TPSA) is 79.8 Å². The van der Waals surface area contributed by atoms with Gasteiger partial charge in [0, 0.05) is 0 Å². The molecule has 0 amide bonds. The molecule has 5 nitrogen and oxygen atoms in total. The predicted octanol–water partition coefficient (Wildman–Crippen LogP) is -0.581. The molecule has 0 fully saturated rings. The summed E-state index contributed by atoms with van der Waals surface area (Å²) < 4.78 is 4.27. The number of carbonyl (C=O) groups excluding carboxylic acids is 2. The van der Waals surface area contributed by atoms with Gasteiger partial charge in [-0.15, -0.1) is 0 Å². The van der Waals surface area contributed by atoms with E-state index in [-0.39, 0.29) is 6.61 Å². The zero-order chi connectivity index (χ0) is 7.98. The van der Waals surface area contributed by atoms with Crippen molar-refractivity contribution in [1.82, 2.24) is 0 Å². The zero-order valence-corrected chi connectivity index (χ0v) is 5.40. The second-order valence-electron chi connectivity index (χ2n) is 1.33. The van der Waals surface area contributed by atoms with E-state index in [1.807, 2.05) is 0 Å². The fourth-order valence-corrected chi connectivity index (χ4v) is 0.307. The van der Waals surface area contributed by atoms with Crippen molar-refractivity contribution in [3.05, 3.63) is 5.53 Å². The number of hydrogen-bond acceptors (Lipinski definition) is 3. The molecule has 0 aliphatic heterocycles. The summed E-state index contributed by atoms with van der Waals surface area (Å²) in [6, 6.07) is 0. The van der Waals surface area contributed by atoms with Crippen LogP contribution in [0.5, 0.6) is 0 Å². The van der Waals surface area contributed by atoms with E-state index in [4.69, 9.17) is 5.53 Å². The summed E-state index contributed by atoms with van der Waals surface area (Å²) in [4.78, 5) is 23.1. The van der Waals surface area contributed by atoms with Gasteiger partial charge in [0.2, 0.25) is 0 Å². The summed E-state index contributed by atoms with van der Waals surface area (Å²) in [5.41, 5.74) is 7.79. The molecule has 54 valence electrons. The summed E-state index contributed by atoms with van der Waals surface area (Å²) >= 11 is 0. The van der Waals surface area contributed by atoms with E-state index >= 15 is 0 Å². The van der Waals surface area contributed by atoms with Crippen molar-refractivity contribution < 1.29 is 19.1 Å². The Kier molecular flexibility index (Phi) is 3.75. The molecule has 0 N–H and O–H groups in total. The van der Waals surface area contributed by atoms with Crippen LogP contribution in [0.15, 0.2) is 0 Å². The van der Waals surface area contributed by atoms with Crippen molar-refractivity contribution in [3.8, 4) is 0 Å². The molecule has 0 rings (SSSR count). The molecule has 0 aliphatic rings. The van der Waals surface area contributed by atoms with E-state index < -0.39 is 11.8 Å². The minimum absolute atomic E-state index is 0.129. The Morgan fingerprint density at radius 1 is 1.70 bits per heavy atom. The van der Waals surface area contributed by atoms with Crippen molar-refractivity contribution in [3.63, 3.8) is 0 Å². The lowest BCUT2D eigenvalue weighted by atomic mass is 10.4. The third kappa shape index (κ3) is 2.74. The minimum atomic E-state index is -1.01. The summed E-state index contributed by atoms with van der Waals surface area (Å²) in [6.07, 6.45) is 0.484. The van der Waals surface area contributed by atoms with E-state index in [2.05, 4.69) is 9.53 Å². The van der Waals surface area contributed by atoms with Gasteiger partial charge in [0.25, 0.3) is 0 Å². The first-order chi connectivity index (χ1) is 4.72. The maximum atomic E-state index is 10.4. The second-order valence-corrected chi connectivity index (χ2v) is 1.33. The third-order valence-electron chi connectivity index (χ3n) is 0.652. The van der Waals surface area contributed by atoms with Gasteiger partial charge in [-0.2, -0.15) is 4.79 Å². The Hall–Kier alpha value is -1.48. The Balaban J connectivity index is 3.95. The number of ketones is 1. The highest BCUT2D eigenvalue weighted by Gasteiger charge is 2.15. The van der Waals surface area contributed by atoms with Crippen LogP contribution in [0.2, 0.25) is 0 Å².